The molecule has 1 amide bonds. The van der Waals surface area contributed by atoms with Crippen molar-refractivity contribution in [1.29, 1.82) is 0 Å². The summed E-state index contributed by atoms with van der Waals surface area (Å²) in [5.74, 6) is 0.146. The maximum Gasteiger partial charge on any atom is 0.248 e. The van der Waals surface area contributed by atoms with Gasteiger partial charge in [-0.15, -0.1) is 5.10 Å². The molecule has 0 unspecified atom stereocenters. The zero-order valence-electron chi connectivity index (χ0n) is 11.0. The van der Waals surface area contributed by atoms with Crippen molar-refractivity contribution in [2.45, 2.75) is 13.0 Å². The van der Waals surface area contributed by atoms with Gasteiger partial charge in [0.25, 0.3) is 0 Å². The van der Waals surface area contributed by atoms with Gasteiger partial charge in [0.2, 0.25) is 11.9 Å². The number of nitrogens with zero attached hydrogens (tertiary/aromatic N) is 3. The third kappa shape index (κ3) is 4.43. The first-order chi connectivity index (χ1) is 9.67. The molecule has 0 aliphatic heterocycles. The quantitative estimate of drug-likeness (QED) is 0.875. The molecule has 1 aromatic heterocycles. The third-order valence-corrected chi connectivity index (χ3v) is 3.05. The van der Waals surface area contributed by atoms with Crippen LogP contribution in [0.1, 0.15) is 12.0 Å². The normalized spacial score (nSPS) is 10.5. The SMILES string of the molecule is COCCC(=O)Nc1ncn(Cc2cccc(Br)c2)n1. The highest BCUT2D eigenvalue weighted by Gasteiger charge is 2.06. The minimum absolute atomic E-state index is 0.160. The first-order valence-electron chi connectivity index (χ1n) is 6.10. The van der Waals surface area contributed by atoms with Gasteiger partial charge in [-0.2, -0.15) is 0 Å². The maximum atomic E-state index is 11.5. The number of nitrogens with one attached hydrogen (secondary N) is 1. The van der Waals surface area contributed by atoms with Gasteiger partial charge in [-0.1, -0.05) is 28.1 Å². The van der Waals surface area contributed by atoms with Gasteiger partial charge in [-0.3, -0.25) is 10.1 Å². The van der Waals surface area contributed by atoms with Gasteiger partial charge >= 0.3 is 0 Å². The van der Waals surface area contributed by atoms with Crippen molar-refractivity contribution in [1.82, 2.24) is 14.8 Å². The zero-order chi connectivity index (χ0) is 14.4. The highest BCUT2D eigenvalue weighted by molar-refractivity contribution is 9.10. The van der Waals surface area contributed by atoms with E-state index in [9.17, 15) is 4.79 Å². The first-order valence-corrected chi connectivity index (χ1v) is 6.89. The summed E-state index contributed by atoms with van der Waals surface area (Å²) >= 11 is 3.42. The van der Waals surface area contributed by atoms with Crippen LogP contribution in [0, 0.1) is 0 Å². The number of anilines is 1. The monoisotopic (exact) mass is 338 g/mol. The molecule has 0 saturated heterocycles. The molecule has 0 bridgehead atoms. The Labute approximate surface area is 125 Å². The number of hydrogen-bond acceptors (Lipinski definition) is 4. The number of ether oxygens (including phenoxy) is 1. The predicted molar refractivity (Wildman–Crippen MR) is 78.4 cm³/mol. The van der Waals surface area contributed by atoms with Gasteiger partial charge in [0, 0.05) is 11.6 Å². The summed E-state index contributed by atoms with van der Waals surface area (Å²) < 4.78 is 7.53. The van der Waals surface area contributed by atoms with Gasteiger partial charge in [0.05, 0.1) is 19.6 Å². The van der Waals surface area contributed by atoms with Crippen LogP contribution >= 0.6 is 15.9 Å². The molecule has 0 aliphatic rings. The molecule has 6 nitrogen and oxygen atoms in total. The lowest BCUT2D eigenvalue weighted by Gasteiger charge is -2.02. The van der Waals surface area contributed by atoms with Crippen LogP contribution < -0.4 is 5.32 Å². The molecule has 0 spiro atoms. The molecule has 106 valence electrons. The lowest BCUT2D eigenvalue weighted by atomic mass is 10.2. The molecule has 0 saturated carbocycles. The Hall–Kier alpha value is -1.73. The topological polar surface area (TPSA) is 69.0 Å². The number of amides is 1. The average Bonchev–Trinajstić information content (AvgIpc) is 2.83. The maximum absolute atomic E-state index is 11.5. The number of methoxy groups -OCH3 is 1. The van der Waals surface area contributed by atoms with Crippen LogP contribution in [0.3, 0.4) is 0 Å². The van der Waals surface area contributed by atoms with Gasteiger partial charge in [0.1, 0.15) is 6.33 Å². The lowest BCUT2D eigenvalue weighted by Crippen LogP contribution is -2.15. The molecule has 1 heterocycles. The highest BCUT2D eigenvalue weighted by atomic mass is 79.9. The number of benzene rings is 1. The summed E-state index contributed by atoms with van der Waals surface area (Å²) in [5, 5.41) is 6.82. The van der Waals surface area contributed by atoms with Crippen molar-refractivity contribution in [3.8, 4) is 0 Å². The molecule has 0 radical (unpaired) electrons. The van der Waals surface area contributed by atoms with E-state index in [1.165, 1.54) is 0 Å². The minimum Gasteiger partial charge on any atom is -0.384 e. The molecular formula is C13H15BrN4O2. The van der Waals surface area contributed by atoms with E-state index in [1.54, 1.807) is 18.1 Å². The van der Waals surface area contributed by atoms with Gasteiger partial charge < -0.3 is 4.74 Å². The van der Waals surface area contributed by atoms with Gasteiger partial charge in [-0.25, -0.2) is 9.67 Å². The Morgan fingerprint density at radius 3 is 3.10 bits per heavy atom. The second kappa shape index (κ2) is 7.16. The molecule has 2 rings (SSSR count). The minimum atomic E-state index is -0.160. The molecule has 20 heavy (non-hydrogen) atoms. The van der Waals surface area contributed by atoms with Crippen LogP contribution in [-0.2, 0) is 16.1 Å². The van der Waals surface area contributed by atoms with E-state index in [2.05, 4.69) is 31.3 Å². The molecule has 7 heteroatoms. The molecule has 0 aliphatic carbocycles. The van der Waals surface area contributed by atoms with Gasteiger partial charge in [0.15, 0.2) is 0 Å². The Morgan fingerprint density at radius 1 is 1.50 bits per heavy atom. The molecule has 0 atom stereocenters. The van der Waals surface area contributed by atoms with Crippen molar-refractivity contribution in [2.75, 3.05) is 19.0 Å². The fourth-order valence-corrected chi connectivity index (χ4v) is 2.08. The largest absolute Gasteiger partial charge is 0.384 e. The second-order valence-electron chi connectivity index (χ2n) is 4.19. The van der Waals surface area contributed by atoms with Crippen LogP contribution in [0.15, 0.2) is 35.1 Å². The Bertz CT molecular complexity index is 585. The zero-order valence-corrected chi connectivity index (χ0v) is 12.6. The number of aromatic nitrogens is 3. The summed E-state index contributed by atoms with van der Waals surface area (Å²) in [7, 11) is 1.55. The third-order valence-electron chi connectivity index (χ3n) is 2.55. The molecule has 1 aromatic carbocycles. The fraction of sp³-hybridized carbons (Fsp3) is 0.308. The van der Waals surface area contributed by atoms with Crippen LogP contribution in [0.2, 0.25) is 0 Å². The molecular weight excluding hydrogens is 324 g/mol. The smallest absolute Gasteiger partial charge is 0.248 e. The van der Waals surface area contributed by atoms with Crippen molar-refractivity contribution in [2.24, 2.45) is 0 Å². The Morgan fingerprint density at radius 2 is 2.35 bits per heavy atom. The van der Waals surface area contributed by atoms with E-state index < -0.39 is 0 Å². The summed E-state index contributed by atoms with van der Waals surface area (Å²) in [6, 6.07) is 7.94. The molecule has 1 N–H and O–H groups in total. The van der Waals surface area contributed by atoms with E-state index in [0.717, 1.165) is 10.0 Å². The standard InChI is InChI=1S/C13H15BrN4O2/c1-20-6-5-12(19)16-13-15-9-18(17-13)8-10-3-2-4-11(14)7-10/h2-4,7,9H,5-6,8H2,1H3,(H,16,17,19). The van der Waals surface area contributed by atoms with Crippen molar-refractivity contribution in [3.05, 3.63) is 40.6 Å². The van der Waals surface area contributed by atoms with Crippen LogP contribution in [-0.4, -0.2) is 34.4 Å². The second-order valence-corrected chi connectivity index (χ2v) is 5.10. The lowest BCUT2D eigenvalue weighted by molar-refractivity contribution is -0.117. The predicted octanol–water partition coefficient (Wildman–Crippen LogP) is 2.06. The number of carbonyl (C=O) groups is 1. The van der Waals surface area contributed by atoms with Crippen molar-refractivity contribution < 1.29 is 9.53 Å². The highest BCUT2D eigenvalue weighted by Crippen LogP contribution is 2.12. The van der Waals surface area contributed by atoms with Gasteiger partial charge in [-0.05, 0) is 17.7 Å². The van der Waals surface area contributed by atoms with Crippen LogP contribution in [0.5, 0.6) is 0 Å². The molecule has 0 fully saturated rings. The van der Waals surface area contributed by atoms with E-state index in [0.29, 0.717) is 19.1 Å². The number of carbonyl (C=O) groups excluding carboxylic acids is 1. The number of hydrogen-bond donors (Lipinski definition) is 1. The number of halogens is 1. The molecule has 2 aromatic rings. The average molecular weight is 339 g/mol. The summed E-state index contributed by atoms with van der Waals surface area (Å²) in [6.07, 6.45) is 1.88. The van der Waals surface area contributed by atoms with Crippen LogP contribution in [0.4, 0.5) is 5.95 Å². The van der Waals surface area contributed by atoms with Crippen molar-refractivity contribution >= 4 is 27.8 Å². The van der Waals surface area contributed by atoms with E-state index in [1.807, 2.05) is 24.3 Å². The number of rotatable bonds is 6. The summed E-state index contributed by atoms with van der Waals surface area (Å²) in [6.45, 7) is 0.977. The summed E-state index contributed by atoms with van der Waals surface area (Å²) in [5.41, 5.74) is 1.10. The van der Waals surface area contributed by atoms with E-state index in [4.69, 9.17) is 4.74 Å². The van der Waals surface area contributed by atoms with Crippen molar-refractivity contribution in [3.63, 3.8) is 0 Å². The Balaban J connectivity index is 1.93. The fourth-order valence-electron chi connectivity index (χ4n) is 1.63. The van der Waals surface area contributed by atoms with Crippen LogP contribution in [0.25, 0.3) is 0 Å². The summed E-state index contributed by atoms with van der Waals surface area (Å²) in [4.78, 5) is 15.5. The first kappa shape index (κ1) is 14.7. The Kier molecular flexibility index (Phi) is 5.25. The van der Waals surface area contributed by atoms with E-state index in [-0.39, 0.29) is 12.3 Å². The van der Waals surface area contributed by atoms with E-state index >= 15 is 0 Å².